The second-order valence-corrected chi connectivity index (χ2v) is 6.92. The zero-order valence-electron chi connectivity index (χ0n) is 12.1. The molecule has 1 saturated heterocycles. The van der Waals surface area contributed by atoms with E-state index in [4.69, 9.17) is 0 Å². The largest absolute Gasteiger partial charge is 0.316 e. The molecule has 1 heterocycles. The third-order valence-electron chi connectivity index (χ3n) is 3.60. The summed E-state index contributed by atoms with van der Waals surface area (Å²) in [4.78, 5) is 3.02. The Balaban J connectivity index is 2.17. The van der Waals surface area contributed by atoms with Crippen LogP contribution in [0.15, 0.2) is 23.1 Å². The van der Waals surface area contributed by atoms with E-state index in [0.717, 1.165) is 37.1 Å². The Morgan fingerprint density at radius 2 is 1.90 bits per heavy atom. The van der Waals surface area contributed by atoms with Gasteiger partial charge in [0.15, 0.2) is 0 Å². The third kappa shape index (κ3) is 3.79. The molecule has 20 heavy (non-hydrogen) atoms. The number of nitrogens with one attached hydrogen (secondary N) is 2. The minimum absolute atomic E-state index is 0.332. The van der Waals surface area contributed by atoms with Crippen LogP contribution in [0.5, 0.6) is 0 Å². The molecule has 0 spiro atoms. The van der Waals surface area contributed by atoms with E-state index in [0.29, 0.717) is 11.4 Å². The highest BCUT2D eigenvalue weighted by atomic mass is 32.2. The lowest BCUT2D eigenvalue weighted by molar-refractivity contribution is 0.200. The van der Waals surface area contributed by atoms with E-state index in [1.54, 1.807) is 17.1 Å². The summed E-state index contributed by atoms with van der Waals surface area (Å²) in [5, 5.41) is 4.86. The van der Waals surface area contributed by atoms with E-state index < -0.39 is 10.0 Å². The van der Waals surface area contributed by atoms with Gasteiger partial charge in [0.1, 0.15) is 0 Å². The molecule has 1 aromatic carbocycles. The van der Waals surface area contributed by atoms with Gasteiger partial charge in [-0.3, -0.25) is 0 Å². The van der Waals surface area contributed by atoms with E-state index in [2.05, 4.69) is 10.1 Å². The van der Waals surface area contributed by atoms with Gasteiger partial charge in [0.25, 0.3) is 10.0 Å². The average Bonchev–Trinajstić information content (AvgIpc) is 2.42. The Morgan fingerprint density at radius 1 is 1.20 bits per heavy atom. The second kappa shape index (κ2) is 6.67. The fourth-order valence-corrected chi connectivity index (χ4v) is 3.58. The van der Waals surface area contributed by atoms with Crippen molar-refractivity contribution in [1.82, 2.24) is 15.2 Å². The van der Waals surface area contributed by atoms with Gasteiger partial charge in [-0.2, -0.15) is 0 Å². The van der Waals surface area contributed by atoms with Crippen LogP contribution in [0, 0.1) is 6.92 Å². The van der Waals surface area contributed by atoms with Crippen LogP contribution in [0.4, 0.5) is 0 Å². The zero-order chi connectivity index (χ0) is 14.6. The monoisotopic (exact) mass is 297 g/mol. The molecule has 2 N–H and O–H groups in total. The smallest absolute Gasteiger partial charge is 0.253 e. The molecule has 0 bridgehead atoms. The van der Waals surface area contributed by atoms with Crippen molar-refractivity contribution < 1.29 is 8.42 Å². The molecule has 1 aliphatic heterocycles. The van der Waals surface area contributed by atoms with E-state index in [9.17, 15) is 8.42 Å². The molecule has 1 aromatic rings. The van der Waals surface area contributed by atoms with Crippen LogP contribution < -0.4 is 10.1 Å². The number of hydrazine groups is 1. The quantitative estimate of drug-likeness (QED) is 0.862. The molecule has 1 aliphatic rings. The van der Waals surface area contributed by atoms with Gasteiger partial charge in [-0.15, -0.1) is 4.83 Å². The van der Waals surface area contributed by atoms with Gasteiger partial charge in [-0.25, -0.2) is 13.4 Å². The van der Waals surface area contributed by atoms with Crippen molar-refractivity contribution in [3.05, 3.63) is 29.3 Å². The summed E-state index contributed by atoms with van der Waals surface area (Å²) in [6, 6.07) is 5.27. The lowest BCUT2D eigenvalue weighted by Crippen LogP contribution is -2.44. The first-order valence-electron chi connectivity index (χ1n) is 7.04. The zero-order valence-corrected chi connectivity index (χ0v) is 13.0. The molecule has 112 valence electrons. The number of sulfonamides is 1. The maximum atomic E-state index is 12.4. The lowest BCUT2D eigenvalue weighted by Gasteiger charge is -2.26. The van der Waals surface area contributed by atoms with Crippen molar-refractivity contribution >= 4 is 10.0 Å². The van der Waals surface area contributed by atoms with Gasteiger partial charge in [-0.05, 0) is 50.1 Å². The second-order valence-electron chi connectivity index (χ2n) is 5.26. The minimum Gasteiger partial charge on any atom is -0.316 e. The SMILES string of the molecule is CNCc1cc(S(=O)(=O)NN2CCCCC2)ccc1C. The Hall–Kier alpha value is -0.950. The molecule has 5 nitrogen and oxygen atoms in total. The Morgan fingerprint density at radius 3 is 2.55 bits per heavy atom. The first-order chi connectivity index (χ1) is 9.53. The number of nitrogens with zero attached hydrogens (tertiary/aromatic N) is 1. The number of benzene rings is 1. The standard InChI is InChI=1S/C14H23N3O2S/c1-12-6-7-14(10-13(12)11-15-2)20(18,19)16-17-8-4-3-5-9-17/h6-7,10,15-16H,3-5,8-9,11H2,1-2H3. The topological polar surface area (TPSA) is 61.4 Å². The Kier molecular flexibility index (Phi) is 5.15. The third-order valence-corrected chi connectivity index (χ3v) is 4.98. The number of piperidine rings is 1. The van der Waals surface area contributed by atoms with E-state index in [1.165, 1.54) is 6.42 Å². The molecule has 2 rings (SSSR count). The fourth-order valence-electron chi connectivity index (χ4n) is 2.40. The van der Waals surface area contributed by atoms with Crippen LogP contribution >= 0.6 is 0 Å². The highest BCUT2D eigenvalue weighted by Crippen LogP contribution is 2.17. The van der Waals surface area contributed by atoms with Gasteiger partial charge < -0.3 is 5.32 Å². The molecular formula is C14H23N3O2S. The van der Waals surface area contributed by atoms with Crippen LogP contribution in [-0.4, -0.2) is 33.6 Å². The van der Waals surface area contributed by atoms with E-state index >= 15 is 0 Å². The first kappa shape index (κ1) is 15.4. The molecule has 6 heteroatoms. The summed E-state index contributed by atoms with van der Waals surface area (Å²) in [5.41, 5.74) is 2.10. The number of rotatable bonds is 5. The predicted octanol–water partition coefficient (Wildman–Crippen LogP) is 1.39. The summed E-state index contributed by atoms with van der Waals surface area (Å²) in [7, 11) is -1.62. The van der Waals surface area contributed by atoms with Gasteiger partial charge in [0.2, 0.25) is 0 Å². The molecule has 1 fully saturated rings. The molecule has 0 atom stereocenters. The van der Waals surface area contributed by atoms with Crippen molar-refractivity contribution in [2.24, 2.45) is 0 Å². The van der Waals surface area contributed by atoms with Crippen molar-refractivity contribution in [3.63, 3.8) is 0 Å². The van der Waals surface area contributed by atoms with Crippen molar-refractivity contribution in [2.45, 2.75) is 37.6 Å². The molecule has 0 aliphatic carbocycles. The van der Waals surface area contributed by atoms with Crippen LogP contribution in [0.2, 0.25) is 0 Å². The summed E-state index contributed by atoms with van der Waals surface area (Å²) in [5.74, 6) is 0. The molecule has 0 amide bonds. The van der Waals surface area contributed by atoms with Crippen molar-refractivity contribution in [2.75, 3.05) is 20.1 Å². The van der Waals surface area contributed by atoms with Crippen LogP contribution in [0.3, 0.4) is 0 Å². The van der Waals surface area contributed by atoms with E-state index in [1.807, 2.05) is 20.0 Å². The van der Waals surface area contributed by atoms with Crippen LogP contribution in [0.1, 0.15) is 30.4 Å². The van der Waals surface area contributed by atoms with Crippen LogP contribution in [-0.2, 0) is 16.6 Å². The highest BCUT2D eigenvalue weighted by Gasteiger charge is 2.20. The van der Waals surface area contributed by atoms with Crippen molar-refractivity contribution in [3.8, 4) is 0 Å². The average molecular weight is 297 g/mol. The summed E-state index contributed by atoms with van der Waals surface area (Å²) >= 11 is 0. The highest BCUT2D eigenvalue weighted by molar-refractivity contribution is 7.89. The van der Waals surface area contributed by atoms with Gasteiger partial charge in [0.05, 0.1) is 4.90 Å². The Labute approximate surface area is 121 Å². The molecule has 0 saturated carbocycles. The maximum absolute atomic E-state index is 12.4. The number of hydrogen-bond acceptors (Lipinski definition) is 4. The lowest BCUT2D eigenvalue weighted by atomic mass is 10.1. The predicted molar refractivity (Wildman–Crippen MR) is 79.7 cm³/mol. The molecular weight excluding hydrogens is 274 g/mol. The first-order valence-corrected chi connectivity index (χ1v) is 8.53. The molecule has 0 unspecified atom stereocenters. The maximum Gasteiger partial charge on any atom is 0.253 e. The summed E-state index contributed by atoms with van der Waals surface area (Å²) in [6.07, 6.45) is 3.26. The summed E-state index contributed by atoms with van der Waals surface area (Å²) < 4.78 is 24.8. The fraction of sp³-hybridized carbons (Fsp3) is 0.571. The van der Waals surface area contributed by atoms with Gasteiger partial charge in [-0.1, -0.05) is 12.5 Å². The number of aryl methyl sites for hydroxylation is 1. The summed E-state index contributed by atoms with van der Waals surface area (Å²) in [6.45, 7) is 4.23. The Bertz CT molecular complexity index is 552. The normalized spacial score (nSPS) is 17.3. The van der Waals surface area contributed by atoms with Crippen LogP contribution in [0.25, 0.3) is 0 Å². The van der Waals surface area contributed by atoms with E-state index in [-0.39, 0.29) is 0 Å². The molecule has 0 aromatic heterocycles. The van der Waals surface area contributed by atoms with Crippen molar-refractivity contribution in [1.29, 1.82) is 0 Å². The van der Waals surface area contributed by atoms with Gasteiger partial charge >= 0.3 is 0 Å². The molecule has 0 radical (unpaired) electrons. The minimum atomic E-state index is -3.47. The van der Waals surface area contributed by atoms with Gasteiger partial charge in [0, 0.05) is 19.6 Å². The number of hydrogen-bond donors (Lipinski definition) is 2.